The highest BCUT2D eigenvalue weighted by atomic mass is 16.5. The van der Waals surface area contributed by atoms with E-state index in [9.17, 15) is 0 Å². The van der Waals surface area contributed by atoms with Crippen molar-refractivity contribution in [1.29, 1.82) is 0 Å². The summed E-state index contributed by atoms with van der Waals surface area (Å²) in [6.45, 7) is 7.73. The van der Waals surface area contributed by atoms with Crippen molar-refractivity contribution in [2.75, 3.05) is 33.9 Å². The molecule has 1 aromatic rings. The molecule has 0 aliphatic carbocycles. The number of likely N-dealkylation sites (N-methyl/N-ethyl adjacent to an activating group) is 1. The molecule has 0 bridgehead atoms. The molecule has 2 atom stereocenters. The number of nitrogens with one attached hydrogen (secondary N) is 1. The van der Waals surface area contributed by atoms with Crippen molar-refractivity contribution < 1.29 is 9.47 Å². The predicted molar refractivity (Wildman–Crippen MR) is 86.2 cm³/mol. The number of rotatable bonds is 7. The Morgan fingerprint density at radius 2 is 2.14 bits per heavy atom. The lowest BCUT2D eigenvalue weighted by atomic mass is 10.0. The largest absolute Gasteiger partial charge is 0.497 e. The van der Waals surface area contributed by atoms with E-state index in [1.807, 2.05) is 12.1 Å². The number of benzene rings is 1. The van der Waals surface area contributed by atoms with Crippen molar-refractivity contribution >= 4 is 0 Å². The van der Waals surface area contributed by atoms with Gasteiger partial charge in [0.1, 0.15) is 11.5 Å². The van der Waals surface area contributed by atoms with E-state index in [1.54, 1.807) is 14.2 Å². The summed E-state index contributed by atoms with van der Waals surface area (Å²) in [5.41, 5.74) is 1.19. The highest BCUT2D eigenvalue weighted by Gasteiger charge is 2.23. The third-order valence-electron chi connectivity index (χ3n) is 4.46. The van der Waals surface area contributed by atoms with E-state index in [-0.39, 0.29) is 0 Å². The smallest absolute Gasteiger partial charge is 0.123 e. The molecule has 0 saturated carbocycles. The van der Waals surface area contributed by atoms with Gasteiger partial charge in [0.15, 0.2) is 0 Å². The van der Waals surface area contributed by atoms with Crippen molar-refractivity contribution in [3.8, 4) is 11.5 Å². The average Bonchev–Trinajstić information content (AvgIpc) is 3.04. The van der Waals surface area contributed by atoms with Crippen molar-refractivity contribution in [1.82, 2.24) is 10.2 Å². The van der Waals surface area contributed by atoms with Gasteiger partial charge in [0.05, 0.1) is 14.2 Å². The lowest BCUT2D eigenvalue weighted by Crippen LogP contribution is -2.38. The average molecular weight is 292 g/mol. The molecule has 2 rings (SSSR count). The minimum absolute atomic E-state index is 0.308. The van der Waals surface area contributed by atoms with Crippen LogP contribution in [0.1, 0.15) is 38.3 Å². The van der Waals surface area contributed by atoms with E-state index in [1.165, 1.54) is 18.4 Å². The molecule has 118 valence electrons. The van der Waals surface area contributed by atoms with Crippen molar-refractivity contribution in [2.45, 2.75) is 38.8 Å². The van der Waals surface area contributed by atoms with Crippen LogP contribution in [0.2, 0.25) is 0 Å². The Kier molecular flexibility index (Phi) is 5.88. The van der Waals surface area contributed by atoms with E-state index >= 15 is 0 Å². The summed E-state index contributed by atoms with van der Waals surface area (Å²) in [6.07, 6.45) is 2.57. The van der Waals surface area contributed by atoms with Crippen LogP contribution >= 0.6 is 0 Å². The molecule has 1 aliphatic rings. The SMILES string of the molecule is CCN(CC1CCCN1)C(C)c1cc(OC)ccc1OC. The second-order valence-electron chi connectivity index (χ2n) is 5.66. The highest BCUT2D eigenvalue weighted by molar-refractivity contribution is 5.42. The minimum Gasteiger partial charge on any atom is -0.497 e. The van der Waals surface area contributed by atoms with Crippen LogP contribution in [0.15, 0.2) is 18.2 Å². The second kappa shape index (κ2) is 7.66. The van der Waals surface area contributed by atoms with Crippen LogP contribution in [0.3, 0.4) is 0 Å². The van der Waals surface area contributed by atoms with Gasteiger partial charge >= 0.3 is 0 Å². The maximum atomic E-state index is 5.53. The van der Waals surface area contributed by atoms with Gasteiger partial charge in [-0.3, -0.25) is 4.90 Å². The molecule has 1 aliphatic heterocycles. The predicted octanol–water partition coefficient (Wildman–Crippen LogP) is 2.84. The fourth-order valence-corrected chi connectivity index (χ4v) is 3.12. The van der Waals surface area contributed by atoms with Gasteiger partial charge < -0.3 is 14.8 Å². The molecule has 1 saturated heterocycles. The monoisotopic (exact) mass is 292 g/mol. The van der Waals surface area contributed by atoms with Crippen LogP contribution in [-0.2, 0) is 0 Å². The number of ether oxygens (including phenoxy) is 2. The molecule has 1 heterocycles. The van der Waals surface area contributed by atoms with Crippen LogP contribution < -0.4 is 14.8 Å². The van der Waals surface area contributed by atoms with Crippen LogP contribution in [0.25, 0.3) is 0 Å². The zero-order chi connectivity index (χ0) is 15.2. The topological polar surface area (TPSA) is 33.7 Å². The Bertz CT molecular complexity index is 444. The standard InChI is InChI=1S/C17H28N2O2/c1-5-19(12-14-7-6-10-18-14)13(2)16-11-15(20-3)8-9-17(16)21-4/h8-9,11,13-14,18H,5-7,10,12H2,1-4H3. The van der Waals surface area contributed by atoms with Crippen LogP contribution in [0, 0.1) is 0 Å². The Hall–Kier alpha value is -1.26. The lowest BCUT2D eigenvalue weighted by molar-refractivity contribution is 0.198. The molecule has 0 aromatic heterocycles. The summed E-state index contributed by atoms with van der Waals surface area (Å²) in [5, 5.41) is 3.58. The Labute approximate surface area is 128 Å². The lowest BCUT2D eigenvalue weighted by Gasteiger charge is -2.31. The van der Waals surface area contributed by atoms with Crippen LogP contribution in [0.5, 0.6) is 11.5 Å². The van der Waals surface area contributed by atoms with E-state index in [2.05, 4.69) is 30.1 Å². The normalized spacial score (nSPS) is 19.8. The number of methoxy groups -OCH3 is 2. The van der Waals surface area contributed by atoms with E-state index in [0.29, 0.717) is 12.1 Å². The van der Waals surface area contributed by atoms with Gasteiger partial charge in [-0.05, 0) is 51.1 Å². The van der Waals surface area contributed by atoms with Gasteiger partial charge in [-0.15, -0.1) is 0 Å². The van der Waals surface area contributed by atoms with E-state index in [4.69, 9.17) is 9.47 Å². The molecule has 21 heavy (non-hydrogen) atoms. The highest BCUT2D eigenvalue weighted by Crippen LogP contribution is 2.32. The summed E-state index contributed by atoms with van der Waals surface area (Å²) < 4.78 is 10.9. The van der Waals surface area contributed by atoms with Crippen molar-refractivity contribution in [2.24, 2.45) is 0 Å². The third-order valence-corrected chi connectivity index (χ3v) is 4.46. The Morgan fingerprint density at radius 1 is 1.33 bits per heavy atom. The first-order valence-corrected chi connectivity index (χ1v) is 7.89. The van der Waals surface area contributed by atoms with Crippen molar-refractivity contribution in [3.05, 3.63) is 23.8 Å². The molecule has 0 amide bonds. The summed E-state index contributed by atoms with van der Waals surface area (Å²) >= 11 is 0. The van der Waals surface area contributed by atoms with Gasteiger partial charge in [-0.25, -0.2) is 0 Å². The summed E-state index contributed by atoms with van der Waals surface area (Å²) in [5.74, 6) is 1.81. The van der Waals surface area contributed by atoms with Crippen LogP contribution in [-0.4, -0.2) is 44.8 Å². The summed E-state index contributed by atoms with van der Waals surface area (Å²) in [4.78, 5) is 2.50. The fourth-order valence-electron chi connectivity index (χ4n) is 3.12. The molecular weight excluding hydrogens is 264 g/mol. The summed E-state index contributed by atoms with van der Waals surface area (Å²) in [6, 6.07) is 6.95. The number of hydrogen-bond donors (Lipinski definition) is 1. The van der Waals surface area contributed by atoms with Crippen molar-refractivity contribution in [3.63, 3.8) is 0 Å². The van der Waals surface area contributed by atoms with E-state index < -0.39 is 0 Å². The van der Waals surface area contributed by atoms with Gasteiger partial charge in [0.2, 0.25) is 0 Å². The molecule has 0 spiro atoms. The molecule has 1 N–H and O–H groups in total. The molecular formula is C17H28N2O2. The fraction of sp³-hybridized carbons (Fsp3) is 0.647. The van der Waals surface area contributed by atoms with Gasteiger partial charge in [0, 0.05) is 24.2 Å². The quantitative estimate of drug-likeness (QED) is 0.838. The molecule has 1 aromatic carbocycles. The van der Waals surface area contributed by atoms with Gasteiger partial charge in [0.25, 0.3) is 0 Å². The maximum Gasteiger partial charge on any atom is 0.123 e. The Balaban J connectivity index is 2.16. The van der Waals surface area contributed by atoms with Gasteiger partial charge in [-0.1, -0.05) is 6.92 Å². The maximum absolute atomic E-state index is 5.53. The number of nitrogens with zero attached hydrogens (tertiary/aromatic N) is 1. The second-order valence-corrected chi connectivity index (χ2v) is 5.66. The number of hydrogen-bond acceptors (Lipinski definition) is 4. The zero-order valence-corrected chi connectivity index (χ0v) is 13.7. The van der Waals surface area contributed by atoms with Gasteiger partial charge in [-0.2, -0.15) is 0 Å². The summed E-state index contributed by atoms with van der Waals surface area (Å²) in [7, 11) is 3.43. The minimum atomic E-state index is 0.308. The first-order chi connectivity index (χ1) is 10.2. The van der Waals surface area contributed by atoms with Crippen LogP contribution in [0.4, 0.5) is 0 Å². The first-order valence-electron chi connectivity index (χ1n) is 7.89. The van der Waals surface area contributed by atoms with E-state index in [0.717, 1.165) is 31.1 Å². The third kappa shape index (κ3) is 3.89. The zero-order valence-electron chi connectivity index (χ0n) is 13.7. The molecule has 1 fully saturated rings. The molecule has 2 unspecified atom stereocenters. The molecule has 0 radical (unpaired) electrons. The molecule has 4 nitrogen and oxygen atoms in total. The Morgan fingerprint density at radius 3 is 2.71 bits per heavy atom. The molecule has 4 heteroatoms. The first kappa shape index (κ1) is 16.1.